The highest BCUT2D eigenvalue weighted by molar-refractivity contribution is 6.34. The smallest absolute Gasteiger partial charge is 0.266 e. The third kappa shape index (κ3) is 4.48. The van der Waals surface area contributed by atoms with Gasteiger partial charge >= 0.3 is 0 Å². The SMILES string of the molecule is C=C(C)COc1ccc2c(c1)C(=O)N(c1ccc(OCCN3CCCC3)c(OC)c1)C2=O. The van der Waals surface area contributed by atoms with Crippen molar-refractivity contribution in [2.75, 3.05) is 44.9 Å². The Morgan fingerprint density at radius 3 is 2.44 bits per heavy atom. The molecule has 2 aromatic rings. The third-order valence-corrected chi connectivity index (χ3v) is 5.61. The molecular formula is C25H28N2O5. The Morgan fingerprint density at radius 1 is 0.969 bits per heavy atom. The van der Waals surface area contributed by atoms with Crippen LogP contribution in [0.2, 0.25) is 0 Å². The van der Waals surface area contributed by atoms with E-state index in [9.17, 15) is 9.59 Å². The zero-order chi connectivity index (χ0) is 22.7. The van der Waals surface area contributed by atoms with Gasteiger partial charge in [-0.15, -0.1) is 0 Å². The second-order valence-electron chi connectivity index (χ2n) is 8.13. The highest BCUT2D eigenvalue weighted by Gasteiger charge is 2.37. The maximum atomic E-state index is 13.1. The van der Waals surface area contributed by atoms with Gasteiger partial charge in [-0.3, -0.25) is 14.5 Å². The lowest BCUT2D eigenvalue weighted by Crippen LogP contribution is -2.29. The molecule has 1 saturated heterocycles. The largest absolute Gasteiger partial charge is 0.493 e. The van der Waals surface area contributed by atoms with Crippen LogP contribution >= 0.6 is 0 Å². The molecule has 7 nitrogen and oxygen atoms in total. The molecule has 4 rings (SSSR count). The summed E-state index contributed by atoms with van der Waals surface area (Å²) in [5.74, 6) is 0.819. The van der Waals surface area contributed by atoms with Gasteiger partial charge in [-0.1, -0.05) is 6.58 Å². The number of carbonyl (C=O) groups is 2. The molecule has 0 spiro atoms. The van der Waals surface area contributed by atoms with E-state index in [-0.39, 0.29) is 5.91 Å². The fourth-order valence-electron chi connectivity index (χ4n) is 3.96. The van der Waals surface area contributed by atoms with Gasteiger partial charge in [0.2, 0.25) is 0 Å². The summed E-state index contributed by atoms with van der Waals surface area (Å²) in [7, 11) is 1.54. The Hall–Kier alpha value is -3.32. The highest BCUT2D eigenvalue weighted by Crippen LogP contribution is 2.36. The molecule has 0 aliphatic carbocycles. The minimum absolute atomic E-state index is 0.319. The number of likely N-dealkylation sites (tertiary alicyclic amines) is 1. The number of imide groups is 1. The van der Waals surface area contributed by atoms with E-state index in [4.69, 9.17) is 14.2 Å². The molecule has 32 heavy (non-hydrogen) atoms. The summed E-state index contributed by atoms with van der Waals surface area (Å²) in [6.07, 6.45) is 2.47. The van der Waals surface area contributed by atoms with Gasteiger partial charge in [0, 0.05) is 12.6 Å². The number of methoxy groups -OCH3 is 1. The number of benzene rings is 2. The number of carbonyl (C=O) groups excluding carboxylic acids is 2. The van der Waals surface area contributed by atoms with E-state index in [1.165, 1.54) is 12.8 Å². The standard InChI is InChI=1S/C25H28N2O5/c1-17(2)16-32-19-7-8-20-21(15-19)25(29)27(24(20)28)18-6-9-22(23(14-18)30-3)31-13-12-26-10-4-5-11-26/h6-9,14-15H,1,4-5,10-13,16H2,2-3H3. The first-order chi connectivity index (χ1) is 15.5. The average molecular weight is 437 g/mol. The predicted octanol–water partition coefficient (Wildman–Crippen LogP) is 3.93. The first kappa shape index (κ1) is 21.9. The van der Waals surface area contributed by atoms with Crippen molar-refractivity contribution in [1.29, 1.82) is 0 Å². The van der Waals surface area contributed by atoms with Crippen LogP contribution in [0, 0.1) is 0 Å². The molecule has 1 fully saturated rings. The molecule has 2 amide bonds. The summed E-state index contributed by atoms with van der Waals surface area (Å²) < 4.78 is 17.0. The Labute approximate surface area is 188 Å². The van der Waals surface area contributed by atoms with Crippen LogP contribution in [-0.2, 0) is 0 Å². The van der Waals surface area contributed by atoms with Gasteiger partial charge in [0.25, 0.3) is 11.8 Å². The number of anilines is 1. The van der Waals surface area contributed by atoms with Crippen molar-refractivity contribution in [3.63, 3.8) is 0 Å². The Bertz CT molecular complexity index is 1040. The van der Waals surface area contributed by atoms with Crippen molar-refractivity contribution in [1.82, 2.24) is 4.90 Å². The van der Waals surface area contributed by atoms with Crippen molar-refractivity contribution < 1.29 is 23.8 Å². The summed E-state index contributed by atoms with van der Waals surface area (Å²) in [4.78, 5) is 29.5. The van der Waals surface area contributed by atoms with Gasteiger partial charge in [0.05, 0.1) is 23.9 Å². The zero-order valence-electron chi connectivity index (χ0n) is 18.6. The van der Waals surface area contributed by atoms with E-state index < -0.39 is 5.91 Å². The number of rotatable bonds is 9. The fraction of sp³-hybridized carbons (Fsp3) is 0.360. The first-order valence-corrected chi connectivity index (χ1v) is 10.8. The minimum atomic E-state index is -0.393. The predicted molar refractivity (Wildman–Crippen MR) is 122 cm³/mol. The van der Waals surface area contributed by atoms with E-state index in [1.807, 2.05) is 6.92 Å². The molecule has 2 aromatic carbocycles. The lowest BCUT2D eigenvalue weighted by molar-refractivity contribution is 0.0926. The van der Waals surface area contributed by atoms with Gasteiger partial charge in [0.1, 0.15) is 19.0 Å². The van der Waals surface area contributed by atoms with E-state index in [2.05, 4.69) is 11.5 Å². The van der Waals surface area contributed by atoms with E-state index >= 15 is 0 Å². The molecule has 2 aliphatic heterocycles. The monoisotopic (exact) mass is 436 g/mol. The van der Waals surface area contributed by atoms with Gasteiger partial charge < -0.3 is 14.2 Å². The van der Waals surface area contributed by atoms with Crippen LogP contribution < -0.4 is 19.1 Å². The van der Waals surface area contributed by atoms with Gasteiger partial charge in [-0.2, -0.15) is 0 Å². The fourth-order valence-corrected chi connectivity index (χ4v) is 3.96. The summed E-state index contributed by atoms with van der Waals surface area (Å²) >= 11 is 0. The number of hydrogen-bond acceptors (Lipinski definition) is 6. The molecular weight excluding hydrogens is 408 g/mol. The summed E-state index contributed by atoms with van der Waals surface area (Å²) in [6.45, 7) is 9.64. The lowest BCUT2D eigenvalue weighted by Gasteiger charge is -2.18. The third-order valence-electron chi connectivity index (χ3n) is 5.61. The average Bonchev–Trinajstić information content (AvgIpc) is 3.39. The molecule has 2 aliphatic rings. The maximum absolute atomic E-state index is 13.1. The quantitative estimate of drug-likeness (QED) is 0.438. The van der Waals surface area contributed by atoms with Crippen LogP contribution in [0.4, 0.5) is 5.69 Å². The number of ether oxygens (including phenoxy) is 3. The number of hydrogen-bond donors (Lipinski definition) is 0. The van der Waals surface area contributed by atoms with Crippen molar-refractivity contribution in [3.05, 3.63) is 59.7 Å². The molecule has 0 aromatic heterocycles. The highest BCUT2D eigenvalue weighted by atomic mass is 16.5. The van der Waals surface area contributed by atoms with Crippen LogP contribution in [0.3, 0.4) is 0 Å². The molecule has 0 bridgehead atoms. The van der Waals surface area contributed by atoms with Crippen molar-refractivity contribution in [2.45, 2.75) is 19.8 Å². The van der Waals surface area contributed by atoms with Crippen LogP contribution in [0.5, 0.6) is 17.2 Å². The van der Waals surface area contributed by atoms with E-state index in [1.54, 1.807) is 43.5 Å². The molecule has 2 heterocycles. The summed E-state index contributed by atoms with van der Waals surface area (Å²) in [5, 5.41) is 0. The van der Waals surface area contributed by atoms with Crippen molar-refractivity contribution >= 4 is 17.5 Å². The van der Waals surface area contributed by atoms with Crippen molar-refractivity contribution in [3.8, 4) is 17.2 Å². The minimum Gasteiger partial charge on any atom is -0.493 e. The Kier molecular flexibility index (Phi) is 6.46. The molecule has 0 atom stereocenters. The Balaban J connectivity index is 1.50. The van der Waals surface area contributed by atoms with Crippen LogP contribution in [0.25, 0.3) is 0 Å². The number of nitrogens with zero attached hydrogens (tertiary/aromatic N) is 2. The molecule has 0 saturated carbocycles. The Morgan fingerprint density at radius 2 is 1.72 bits per heavy atom. The molecule has 168 valence electrons. The lowest BCUT2D eigenvalue weighted by atomic mass is 10.1. The van der Waals surface area contributed by atoms with Crippen molar-refractivity contribution in [2.24, 2.45) is 0 Å². The van der Waals surface area contributed by atoms with Gasteiger partial charge in [0.15, 0.2) is 11.5 Å². The second kappa shape index (κ2) is 9.44. The van der Waals surface area contributed by atoms with Crippen LogP contribution in [0.1, 0.15) is 40.5 Å². The van der Waals surface area contributed by atoms with E-state index in [0.717, 1.165) is 30.1 Å². The molecule has 0 unspecified atom stereocenters. The van der Waals surface area contributed by atoms with Crippen LogP contribution in [0.15, 0.2) is 48.6 Å². The topological polar surface area (TPSA) is 68.3 Å². The second-order valence-corrected chi connectivity index (χ2v) is 8.13. The number of amides is 2. The molecule has 7 heteroatoms. The van der Waals surface area contributed by atoms with Gasteiger partial charge in [-0.05, 0) is 68.8 Å². The van der Waals surface area contributed by atoms with E-state index in [0.29, 0.717) is 47.3 Å². The normalized spacial score (nSPS) is 15.8. The summed E-state index contributed by atoms with van der Waals surface area (Å²) in [6, 6.07) is 10.0. The first-order valence-electron chi connectivity index (χ1n) is 10.8. The maximum Gasteiger partial charge on any atom is 0.266 e. The van der Waals surface area contributed by atoms with Gasteiger partial charge in [-0.25, -0.2) is 4.90 Å². The summed E-state index contributed by atoms with van der Waals surface area (Å²) in [5.41, 5.74) is 1.97. The molecule has 0 radical (unpaired) electrons. The van der Waals surface area contributed by atoms with Crippen LogP contribution in [-0.4, -0.2) is 56.7 Å². The number of fused-ring (bicyclic) bond motifs is 1. The zero-order valence-corrected chi connectivity index (χ0v) is 18.6. The molecule has 0 N–H and O–H groups in total.